The largest absolute Gasteiger partial charge is 0.418 e. The Hall–Kier alpha value is -2.33. The second kappa shape index (κ2) is 9.86. The van der Waals surface area contributed by atoms with Crippen LogP contribution in [0.5, 0.6) is 0 Å². The maximum absolute atomic E-state index is 13.2. The molecule has 168 valence electrons. The lowest BCUT2D eigenvalue weighted by atomic mass is 9.91. The van der Waals surface area contributed by atoms with Gasteiger partial charge in [-0.3, -0.25) is 0 Å². The summed E-state index contributed by atoms with van der Waals surface area (Å²) >= 11 is 11.0. The van der Waals surface area contributed by atoms with Crippen molar-refractivity contribution in [2.24, 2.45) is 0 Å². The quantitative estimate of drug-likeness (QED) is 0.533. The number of hydrogen-bond acceptors (Lipinski definition) is 5. The molecular weight excluding hydrogens is 449 g/mol. The molecule has 1 aliphatic rings. The number of nitrogens with zero attached hydrogens (tertiary/aromatic N) is 3. The molecule has 0 atom stereocenters. The summed E-state index contributed by atoms with van der Waals surface area (Å²) in [5.74, 6) is 1.41. The topological polar surface area (TPSA) is 65.1 Å². The first kappa shape index (κ1) is 23.3. The van der Waals surface area contributed by atoms with E-state index in [1.165, 1.54) is 12.1 Å². The Morgan fingerprint density at radius 1 is 1.13 bits per heavy atom. The predicted molar refractivity (Wildman–Crippen MR) is 122 cm³/mol. The van der Waals surface area contributed by atoms with Crippen LogP contribution in [-0.4, -0.2) is 41.3 Å². The van der Waals surface area contributed by atoms with Crippen LogP contribution in [0.25, 0.3) is 0 Å². The van der Waals surface area contributed by atoms with Crippen molar-refractivity contribution in [1.29, 1.82) is 0 Å². The number of anilines is 3. The van der Waals surface area contributed by atoms with Gasteiger partial charge in [0.15, 0.2) is 5.11 Å². The van der Waals surface area contributed by atoms with Crippen LogP contribution < -0.4 is 20.9 Å². The van der Waals surface area contributed by atoms with Crippen LogP contribution in [0.15, 0.2) is 30.5 Å². The van der Waals surface area contributed by atoms with Crippen LogP contribution >= 0.6 is 23.8 Å². The minimum absolute atomic E-state index is 0.0164. The third-order valence-electron chi connectivity index (χ3n) is 5.03. The zero-order valence-corrected chi connectivity index (χ0v) is 18.7. The fraction of sp³-hybridized carbons (Fsp3) is 0.450. The fourth-order valence-corrected chi connectivity index (χ4v) is 3.88. The van der Waals surface area contributed by atoms with Crippen molar-refractivity contribution in [1.82, 2.24) is 15.3 Å². The van der Waals surface area contributed by atoms with Crippen molar-refractivity contribution >= 4 is 46.4 Å². The molecule has 1 aromatic heterocycles. The van der Waals surface area contributed by atoms with Gasteiger partial charge in [-0.15, -0.1) is 0 Å². The smallest absolute Gasteiger partial charge is 0.363 e. The third-order valence-corrected chi connectivity index (χ3v) is 5.48. The molecular formula is C20H24ClF3N6S. The van der Waals surface area contributed by atoms with E-state index in [4.69, 9.17) is 23.8 Å². The van der Waals surface area contributed by atoms with E-state index >= 15 is 0 Å². The Bertz CT molecular complexity index is 916. The Labute approximate surface area is 189 Å². The van der Waals surface area contributed by atoms with Gasteiger partial charge in [0.2, 0.25) is 5.95 Å². The average molecular weight is 473 g/mol. The first-order chi connectivity index (χ1) is 14.6. The van der Waals surface area contributed by atoms with Gasteiger partial charge in [-0.25, -0.2) is 4.98 Å². The molecule has 0 unspecified atom stereocenters. The summed E-state index contributed by atoms with van der Waals surface area (Å²) in [6.07, 6.45) is 0.556. The molecule has 1 fully saturated rings. The van der Waals surface area contributed by atoms with Gasteiger partial charge in [0, 0.05) is 37.4 Å². The second-order valence-corrected chi connectivity index (χ2v) is 8.46. The number of hydrogen-bond donors (Lipinski definition) is 3. The van der Waals surface area contributed by atoms with Crippen molar-refractivity contribution in [3.05, 3.63) is 41.0 Å². The third kappa shape index (κ3) is 6.57. The van der Waals surface area contributed by atoms with E-state index in [-0.39, 0.29) is 27.9 Å². The zero-order valence-electron chi connectivity index (χ0n) is 17.1. The number of alkyl halides is 3. The summed E-state index contributed by atoms with van der Waals surface area (Å²) in [6, 6.07) is 5.70. The molecule has 1 heterocycles. The number of benzene rings is 1. The van der Waals surface area contributed by atoms with E-state index in [1.807, 2.05) is 25.1 Å². The lowest BCUT2D eigenvalue weighted by Crippen LogP contribution is -2.42. The average Bonchev–Trinajstić information content (AvgIpc) is 2.70. The Kier molecular flexibility index (Phi) is 7.42. The van der Waals surface area contributed by atoms with Gasteiger partial charge in [0.05, 0.1) is 11.3 Å². The van der Waals surface area contributed by atoms with E-state index in [0.29, 0.717) is 5.95 Å². The number of rotatable bonds is 5. The highest BCUT2D eigenvalue weighted by atomic mass is 35.5. The van der Waals surface area contributed by atoms with Gasteiger partial charge in [-0.05, 0) is 62.2 Å². The number of thiocarbonyl (C=S) groups is 1. The summed E-state index contributed by atoms with van der Waals surface area (Å²) in [5.41, 5.74) is -0.973. The van der Waals surface area contributed by atoms with Gasteiger partial charge >= 0.3 is 6.18 Å². The molecule has 3 N–H and O–H groups in total. The van der Waals surface area contributed by atoms with Gasteiger partial charge in [0.25, 0.3) is 0 Å². The Morgan fingerprint density at radius 2 is 1.81 bits per heavy atom. The van der Waals surface area contributed by atoms with Crippen LogP contribution in [0, 0.1) is 0 Å². The number of aromatic nitrogens is 2. The number of halogens is 4. The van der Waals surface area contributed by atoms with Crippen LogP contribution in [-0.2, 0) is 6.18 Å². The summed E-state index contributed by atoms with van der Waals surface area (Å²) in [4.78, 5) is 10.6. The van der Waals surface area contributed by atoms with Crippen molar-refractivity contribution in [2.75, 3.05) is 29.6 Å². The van der Waals surface area contributed by atoms with E-state index in [1.54, 1.807) is 6.20 Å². The molecule has 0 amide bonds. The summed E-state index contributed by atoms with van der Waals surface area (Å²) in [5, 5.41) is 9.32. The first-order valence-electron chi connectivity index (χ1n) is 9.83. The van der Waals surface area contributed by atoms with E-state index < -0.39 is 11.7 Å². The predicted octanol–water partition coefficient (Wildman–Crippen LogP) is 4.92. The van der Waals surface area contributed by atoms with E-state index in [0.717, 1.165) is 37.6 Å². The molecule has 0 saturated heterocycles. The van der Waals surface area contributed by atoms with Crippen LogP contribution in [0.1, 0.15) is 31.2 Å². The highest BCUT2D eigenvalue weighted by Gasteiger charge is 2.34. The molecule has 1 aliphatic carbocycles. The maximum atomic E-state index is 13.2. The highest BCUT2D eigenvalue weighted by molar-refractivity contribution is 7.80. The lowest BCUT2D eigenvalue weighted by molar-refractivity contribution is -0.136. The molecule has 31 heavy (non-hydrogen) atoms. The Balaban J connectivity index is 1.51. The molecule has 6 nitrogen and oxygen atoms in total. The molecule has 0 aliphatic heterocycles. The molecule has 0 spiro atoms. The van der Waals surface area contributed by atoms with E-state index in [9.17, 15) is 13.2 Å². The molecule has 0 bridgehead atoms. The monoisotopic (exact) mass is 472 g/mol. The van der Waals surface area contributed by atoms with Crippen LogP contribution in [0.3, 0.4) is 0 Å². The minimum Gasteiger partial charge on any atom is -0.363 e. The first-order valence-corrected chi connectivity index (χ1v) is 10.6. The lowest BCUT2D eigenvalue weighted by Gasteiger charge is -2.30. The van der Waals surface area contributed by atoms with Crippen molar-refractivity contribution in [3.8, 4) is 0 Å². The molecule has 11 heteroatoms. The molecule has 1 aromatic carbocycles. The minimum atomic E-state index is -4.53. The highest BCUT2D eigenvalue weighted by Crippen LogP contribution is 2.36. The summed E-state index contributed by atoms with van der Waals surface area (Å²) < 4.78 is 39.7. The molecule has 2 aromatic rings. The second-order valence-electron chi connectivity index (χ2n) is 7.61. The molecule has 0 radical (unpaired) electrons. The Morgan fingerprint density at radius 3 is 2.45 bits per heavy atom. The van der Waals surface area contributed by atoms with Gasteiger partial charge in [-0.2, -0.15) is 18.2 Å². The van der Waals surface area contributed by atoms with E-state index in [2.05, 4.69) is 25.9 Å². The summed E-state index contributed by atoms with van der Waals surface area (Å²) in [6.45, 7) is 0. The number of nitrogens with one attached hydrogen (secondary N) is 3. The fourth-order valence-electron chi connectivity index (χ4n) is 3.44. The van der Waals surface area contributed by atoms with Crippen molar-refractivity contribution in [3.63, 3.8) is 0 Å². The normalized spacial score (nSPS) is 18.9. The van der Waals surface area contributed by atoms with Crippen molar-refractivity contribution < 1.29 is 13.2 Å². The van der Waals surface area contributed by atoms with Gasteiger partial charge < -0.3 is 20.9 Å². The standard InChI is InChI=1S/C20H24ClF3N6S/c1-30(2)17-9-10-25-18(29-17)26-13-4-6-14(7-5-13)27-19(31)28-16-8-3-12(21)11-15(16)20(22,23)24/h3,8-11,13-14H,4-7H2,1-2H3,(H,25,26,29)(H2,27,28,31)/t13-,14+. The van der Waals surface area contributed by atoms with Crippen molar-refractivity contribution in [2.45, 2.75) is 43.9 Å². The molecule has 1 saturated carbocycles. The van der Waals surface area contributed by atoms with Crippen LogP contribution in [0.4, 0.5) is 30.6 Å². The summed E-state index contributed by atoms with van der Waals surface area (Å²) in [7, 11) is 3.84. The van der Waals surface area contributed by atoms with Gasteiger partial charge in [-0.1, -0.05) is 11.6 Å². The molecule has 3 rings (SSSR count). The van der Waals surface area contributed by atoms with Crippen LogP contribution in [0.2, 0.25) is 5.02 Å². The maximum Gasteiger partial charge on any atom is 0.418 e. The SMILES string of the molecule is CN(C)c1ccnc(N[C@H]2CC[C@@H](NC(=S)Nc3ccc(Cl)cc3C(F)(F)F)CC2)n1. The zero-order chi connectivity index (χ0) is 22.6. The van der Waals surface area contributed by atoms with Gasteiger partial charge in [0.1, 0.15) is 5.82 Å².